The number of nitrogens with one attached hydrogen (secondary N) is 2. The number of fused-ring (bicyclic) bond motifs is 1. The van der Waals surface area contributed by atoms with Crippen molar-refractivity contribution in [3.63, 3.8) is 0 Å². The molecule has 2 aromatic heterocycles. The fraction of sp³-hybridized carbons (Fsp3) is 0.174. The van der Waals surface area contributed by atoms with Gasteiger partial charge in [-0.25, -0.2) is 4.79 Å². The number of esters is 1. The minimum atomic E-state index is -0.463. The highest BCUT2D eigenvalue weighted by Gasteiger charge is 2.18. The van der Waals surface area contributed by atoms with Gasteiger partial charge in [-0.2, -0.15) is 14.9 Å². The first-order chi connectivity index (χ1) is 16.1. The van der Waals surface area contributed by atoms with E-state index < -0.39 is 5.97 Å². The van der Waals surface area contributed by atoms with Gasteiger partial charge >= 0.3 is 5.97 Å². The van der Waals surface area contributed by atoms with Crippen LogP contribution in [0.15, 0.2) is 48.7 Å². The Kier molecular flexibility index (Phi) is 6.04. The Morgan fingerprint density at radius 3 is 2.55 bits per heavy atom. The van der Waals surface area contributed by atoms with Gasteiger partial charge in [0.2, 0.25) is 0 Å². The summed E-state index contributed by atoms with van der Waals surface area (Å²) in [5, 5.41) is 17.1. The summed E-state index contributed by atoms with van der Waals surface area (Å²) in [6.07, 6.45) is 1.50. The molecular weight excluding hydrogens is 426 g/mol. The van der Waals surface area contributed by atoms with E-state index in [1.165, 1.54) is 13.3 Å². The Bertz CT molecular complexity index is 1330. The van der Waals surface area contributed by atoms with E-state index in [1.54, 1.807) is 43.0 Å². The Morgan fingerprint density at radius 2 is 1.88 bits per heavy atom. The number of aromatic amines is 1. The maximum Gasteiger partial charge on any atom is 0.343 e. The number of ether oxygens (including phenoxy) is 4. The number of imidazole rings is 1. The van der Waals surface area contributed by atoms with Gasteiger partial charge in [-0.3, -0.25) is 0 Å². The molecular formula is C23H21N5O5. The summed E-state index contributed by atoms with van der Waals surface area (Å²) in [6, 6.07) is 14.7. The number of hydrogen-bond acceptors (Lipinski definition) is 8. The molecule has 0 saturated carbocycles. The number of aromatic nitrogens is 3. The molecule has 0 saturated heterocycles. The van der Waals surface area contributed by atoms with Gasteiger partial charge in [-0.15, -0.1) is 0 Å². The second kappa shape index (κ2) is 9.23. The Labute approximate surface area is 189 Å². The first-order valence-corrected chi connectivity index (χ1v) is 9.86. The van der Waals surface area contributed by atoms with Crippen LogP contribution in [-0.2, 0) is 9.53 Å². The molecule has 168 valence electrons. The second-order valence-electron chi connectivity index (χ2n) is 6.86. The minimum absolute atomic E-state index is 0.177. The molecule has 0 radical (unpaired) electrons. The lowest BCUT2D eigenvalue weighted by molar-refractivity contribution is -0.142. The standard InChI is InChI=1S/C23H21N5O5/c1-30-18-9-6-16(10-19(18)31-2)26-23-21(27-22-15(11-24)12-25-28(22)23)14-4-7-17(8-5-14)33-13-20(29)32-3/h4-10,12,26-27H,13H2,1-3H3. The van der Waals surface area contributed by atoms with Gasteiger partial charge in [0.1, 0.15) is 17.4 Å². The van der Waals surface area contributed by atoms with E-state index in [0.717, 1.165) is 11.3 Å². The molecule has 10 heteroatoms. The van der Waals surface area contributed by atoms with Gasteiger partial charge in [-0.05, 0) is 36.4 Å². The number of carbonyl (C=O) groups is 1. The number of rotatable bonds is 8. The van der Waals surface area contributed by atoms with Crippen molar-refractivity contribution in [2.24, 2.45) is 0 Å². The summed E-state index contributed by atoms with van der Waals surface area (Å²) < 4.78 is 22.3. The normalized spacial score (nSPS) is 10.5. The third-order valence-corrected chi connectivity index (χ3v) is 4.96. The average Bonchev–Trinajstić information content (AvgIpc) is 3.42. The van der Waals surface area contributed by atoms with E-state index in [2.05, 4.69) is 26.2 Å². The van der Waals surface area contributed by atoms with Crippen LogP contribution in [0.4, 0.5) is 11.5 Å². The van der Waals surface area contributed by atoms with Crippen LogP contribution in [0.2, 0.25) is 0 Å². The fourth-order valence-electron chi connectivity index (χ4n) is 3.30. The smallest absolute Gasteiger partial charge is 0.343 e. The fourth-order valence-corrected chi connectivity index (χ4v) is 3.30. The van der Waals surface area contributed by atoms with Crippen molar-refractivity contribution < 1.29 is 23.7 Å². The van der Waals surface area contributed by atoms with Crippen molar-refractivity contribution in [3.05, 3.63) is 54.2 Å². The first kappa shape index (κ1) is 21.6. The molecule has 2 N–H and O–H groups in total. The van der Waals surface area contributed by atoms with Gasteiger partial charge in [-0.1, -0.05) is 0 Å². The van der Waals surface area contributed by atoms with Crippen LogP contribution < -0.4 is 19.5 Å². The molecule has 0 unspecified atom stereocenters. The number of nitriles is 1. The Morgan fingerprint density at radius 1 is 1.12 bits per heavy atom. The van der Waals surface area contributed by atoms with Crippen molar-refractivity contribution >= 4 is 23.1 Å². The van der Waals surface area contributed by atoms with Gasteiger partial charge in [0.05, 0.1) is 33.2 Å². The van der Waals surface area contributed by atoms with Gasteiger partial charge in [0.15, 0.2) is 29.6 Å². The lowest BCUT2D eigenvalue weighted by Gasteiger charge is -2.12. The molecule has 0 amide bonds. The number of anilines is 2. The average molecular weight is 447 g/mol. The highest BCUT2D eigenvalue weighted by molar-refractivity contribution is 5.81. The van der Waals surface area contributed by atoms with E-state index in [1.807, 2.05) is 18.2 Å². The van der Waals surface area contributed by atoms with Crippen LogP contribution in [-0.4, -0.2) is 48.5 Å². The molecule has 2 heterocycles. The maximum absolute atomic E-state index is 11.3. The second-order valence-corrected chi connectivity index (χ2v) is 6.86. The van der Waals surface area contributed by atoms with Crippen molar-refractivity contribution in [2.75, 3.05) is 33.3 Å². The van der Waals surface area contributed by atoms with Crippen LogP contribution in [0, 0.1) is 11.3 Å². The summed E-state index contributed by atoms with van der Waals surface area (Å²) in [6.45, 7) is -0.177. The minimum Gasteiger partial charge on any atom is -0.493 e. The maximum atomic E-state index is 11.3. The number of nitrogens with zero attached hydrogens (tertiary/aromatic N) is 3. The Hall–Kier alpha value is -4.65. The number of hydrogen-bond donors (Lipinski definition) is 2. The molecule has 4 aromatic rings. The van der Waals surface area contributed by atoms with Gasteiger partial charge in [0, 0.05) is 17.3 Å². The lowest BCUT2D eigenvalue weighted by atomic mass is 10.1. The van der Waals surface area contributed by atoms with Gasteiger partial charge < -0.3 is 29.2 Å². The molecule has 0 aliphatic carbocycles. The highest BCUT2D eigenvalue weighted by Crippen LogP contribution is 2.35. The molecule has 2 aromatic carbocycles. The van der Waals surface area contributed by atoms with Crippen LogP contribution in [0.1, 0.15) is 5.56 Å². The van der Waals surface area contributed by atoms with E-state index in [4.69, 9.17) is 14.2 Å². The molecule has 33 heavy (non-hydrogen) atoms. The van der Waals surface area contributed by atoms with Crippen LogP contribution in [0.5, 0.6) is 17.2 Å². The number of carbonyl (C=O) groups excluding carboxylic acids is 1. The van der Waals surface area contributed by atoms with E-state index in [-0.39, 0.29) is 6.61 Å². The zero-order valence-corrected chi connectivity index (χ0v) is 18.2. The molecule has 10 nitrogen and oxygen atoms in total. The van der Waals surface area contributed by atoms with Crippen LogP contribution in [0.25, 0.3) is 16.9 Å². The molecule has 4 rings (SSSR count). The number of methoxy groups -OCH3 is 3. The summed E-state index contributed by atoms with van der Waals surface area (Å²) >= 11 is 0. The monoisotopic (exact) mass is 447 g/mol. The molecule has 0 atom stereocenters. The van der Waals surface area contributed by atoms with Crippen molar-refractivity contribution in [1.29, 1.82) is 5.26 Å². The van der Waals surface area contributed by atoms with Crippen LogP contribution in [0.3, 0.4) is 0 Å². The van der Waals surface area contributed by atoms with E-state index in [0.29, 0.717) is 40.0 Å². The van der Waals surface area contributed by atoms with E-state index >= 15 is 0 Å². The quantitative estimate of drug-likeness (QED) is 0.394. The first-order valence-electron chi connectivity index (χ1n) is 9.86. The predicted molar refractivity (Wildman–Crippen MR) is 120 cm³/mol. The van der Waals surface area contributed by atoms with Gasteiger partial charge in [0.25, 0.3) is 0 Å². The summed E-state index contributed by atoms with van der Waals surface area (Å²) in [5.41, 5.74) is 3.24. The zero-order chi connectivity index (χ0) is 23.4. The largest absolute Gasteiger partial charge is 0.493 e. The Balaban J connectivity index is 1.72. The number of benzene rings is 2. The molecule has 0 aliphatic heterocycles. The SMILES string of the molecule is COC(=O)COc1ccc(-c2[nH]c3c(C#N)cnn3c2Nc2ccc(OC)c(OC)c2)cc1. The topological polar surface area (TPSA) is 123 Å². The van der Waals surface area contributed by atoms with Crippen molar-refractivity contribution in [3.8, 4) is 34.6 Å². The molecule has 0 bridgehead atoms. The molecule has 0 fully saturated rings. The lowest BCUT2D eigenvalue weighted by Crippen LogP contribution is -2.12. The zero-order valence-electron chi connectivity index (χ0n) is 18.2. The van der Waals surface area contributed by atoms with Crippen molar-refractivity contribution in [1.82, 2.24) is 14.6 Å². The predicted octanol–water partition coefficient (Wildman–Crippen LogP) is 3.51. The summed E-state index contributed by atoms with van der Waals surface area (Å²) in [5.74, 6) is 1.86. The summed E-state index contributed by atoms with van der Waals surface area (Å²) in [7, 11) is 4.45. The third-order valence-electron chi connectivity index (χ3n) is 4.96. The summed E-state index contributed by atoms with van der Waals surface area (Å²) in [4.78, 5) is 14.6. The third kappa shape index (κ3) is 4.24. The van der Waals surface area contributed by atoms with Crippen molar-refractivity contribution in [2.45, 2.75) is 0 Å². The number of H-pyrrole nitrogens is 1. The molecule has 0 aliphatic rings. The molecule has 0 spiro atoms. The highest BCUT2D eigenvalue weighted by atomic mass is 16.6. The van der Waals surface area contributed by atoms with Crippen LogP contribution >= 0.6 is 0 Å². The van der Waals surface area contributed by atoms with E-state index in [9.17, 15) is 10.1 Å².